The van der Waals surface area contributed by atoms with E-state index in [-0.39, 0.29) is 5.69 Å². The molecular formula is C7H5BrClNO2. The Morgan fingerprint density at radius 2 is 2.42 bits per heavy atom. The van der Waals surface area contributed by atoms with Gasteiger partial charge in [0.05, 0.1) is 11.6 Å². The normalized spacial score (nSPS) is 9.58. The van der Waals surface area contributed by atoms with E-state index in [2.05, 4.69) is 20.9 Å². The van der Waals surface area contributed by atoms with Gasteiger partial charge in [-0.1, -0.05) is 0 Å². The van der Waals surface area contributed by atoms with Crippen LogP contribution in [0.25, 0.3) is 0 Å². The molecule has 0 aromatic carbocycles. The standard InChI is InChI=1S/C7H5BrClNO2/c1-12-6-2-5(7(9)11)10-3-4(6)8/h2-3H,1H3. The predicted octanol–water partition coefficient (Wildman–Crippen LogP) is 2.23. The van der Waals surface area contributed by atoms with Crippen molar-refractivity contribution in [1.82, 2.24) is 4.98 Å². The molecule has 0 aliphatic rings. The highest BCUT2D eigenvalue weighted by molar-refractivity contribution is 9.10. The number of hydrogen-bond donors (Lipinski definition) is 0. The first-order valence-corrected chi connectivity index (χ1v) is 4.21. The van der Waals surface area contributed by atoms with Crippen LogP contribution in [0.2, 0.25) is 0 Å². The van der Waals surface area contributed by atoms with Gasteiger partial charge in [0.1, 0.15) is 11.4 Å². The minimum atomic E-state index is -0.596. The highest BCUT2D eigenvalue weighted by atomic mass is 79.9. The number of hydrogen-bond acceptors (Lipinski definition) is 3. The number of carbonyl (C=O) groups excluding carboxylic acids is 1. The van der Waals surface area contributed by atoms with Crippen molar-refractivity contribution >= 4 is 32.8 Å². The second-order valence-corrected chi connectivity index (χ2v) is 3.18. The van der Waals surface area contributed by atoms with E-state index in [0.29, 0.717) is 10.2 Å². The number of rotatable bonds is 2. The molecule has 1 heterocycles. The third kappa shape index (κ3) is 1.95. The summed E-state index contributed by atoms with van der Waals surface area (Å²) in [6.07, 6.45) is 1.47. The Balaban J connectivity index is 3.13. The van der Waals surface area contributed by atoms with Crippen LogP contribution in [-0.4, -0.2) is 17.3 Å². The number of aromatic nitrogens is 1. The second kappa shape index (κ2) is 3.87. The fourth-order valence-electron chi connectivity index (χ4n) is 0.684. The van der Waals surface area contributed by atoms with Crippen molar-refractivity contribution < 1.29 is 9.53 Å². The summed E-state index contributed by atoms with van der Waals surface area (Å²) >= 11 is 8.41. The van der Waals surface area contributed by atoms with Crippen molar-refractivity contribution in [3.63, 3.8) is 0 Å². The third-order valence-electron chi connectivity index (χ3n) is 1.24. The molecule has 0 saturated heterocycles. The molecule has 0 saturated carbocycles. The SMILES string of the molecule is COc1cc(C(=O)Cl)ncc1Br. The quantitative estimate of drug-likeness (QED) is 0.756. The van der Waals surface area contributed by atoms with Crippen LogP contribution < -0.4 is 4.74 Å². The van der Waals surface area contributed by atoms with E-state index in [1.807, 2.05) is 0 Å². The maximum atomic E-state index is 10.7. The van der Waals surface area contributed by atoms with Crippen LogP contribution in [0, 0.1) is 0 Å². The molecule has 0 amide bonds. The van der Waals surface area contributed by atoms with Gasteiger partial charge >= 0.3 is 0 Å². The summed E-state index contributed by atoms with van der Waals surface area (Å²) in [7, 11) is 1.50. The zero-order chi connectivity index (χ0) is 9.14. The second-order valence-electron chi connectivity index (χ2n) is 1.98. The number of nitrogens with zero attached hydrogens (tertiary/aromatic N) is 1. The maximum absolute atomic E-state index is 10.7. The van der Waals surface area contributed by atoms with Gasteiger partial charge in [0.2, 0.25) is 0 Å². The summed E-state index contributed by atoms with van der Waals surface area (Å²) in [5.74, 6) is 0.536. The lowest BCUT2D eigenvalue weighted by Crippen LogP contribution is -1.95. The van der Waals surface area contributed by atoms with Crippen LogP contribution in [0.15, 0.2) is 16.7 Å². The van der Waals surface area contributed by atoms with Gasteiger partial charge in [-0.15, -0.1) is 0 Å². The lowest BCUT2D eigenvalue weighted by atomic mass is 10.3. The Kier molecular flexibility index (Phi) is 3.05. The van der Waals surface area contributed by atoms with Gasteiger partial charge < -0.3 is 4.74 Å². The Hall–Kier alpha value is -0.610. The van der Waals surface area contributed by atoms with Crippen molar-refractivity contribution in [2.75, 3.05) is 7.11 Å². The molecule has 64 valence electrons. The van der Waals surface area contributed by atoms with Crippen LogP contribution in [-0.2, 0) is 0 Å². The van der Waals surface area contributed by atoms with Gasteiger partial charge in [0, 0.05) is 12.3 Å². The molecule has 0 fully saturated rings. The zero-order valence-electron chi connectivity index (χ0n) is 6.17. The molecule has 5 heteroatoms. The summed E-state index contributed by atoms with van der Waals surface area (Å²) in [4.78, 5) is 14.4. The van der Waals surface area contributed by atoms with Gasteiger partial charge in [0.15, 0.2) is 0 Å². The van der Waals surface area contributed by atoms with Gasteiger partial charge in [-0.25, -0.2) is 0 Å². The molecule has 1 rings (SSSR count). The van der Waals surface area contributed by atoms with E-state index in [4.69, 9.17) is 16.3 Å². The first kappa shape index (κ1) is 9.48. The van der Waals surface area contributed by atoms with Crippen molar-refractivity contribution in [2.45, 2.75) is 0 Å². The van der Waals surface area contributed by atoms with Crippen LogP contribution in [0.4, 0.5) is 0 Å². The molecular weight excluding hydrogens is 245 g/mol. The third-order valence-corrected chi connectivity index (χ3v) is 2.03. The number of halogens is 2. The Bertz CT molecular complexity index is 316. The largest absolute Gasteiger partial charge is 0.495 e. The fraction of sp³-hybridized carbons (Fsp3) is 0.143. The van der Waals surface area contributed by atoms with E-state index >= 15 is 0 Å². The summed E-state index contributed by atoms with van der Waals surface area (Å²) in [6, 6.07) is 1.47. The molecule has 1 aromatic heterocycles. The van der Waals surface area contributed by atoms with E-state index in [1.54, 1.807) is 0 Å². The molecule has 0 aliphatic carbocycles. The lowest BCUT2D eigenvalue weighted by molar-refractivity contribution is 0.107. The maximum Gasteiger partial charge on any atom is 0.270 e. The monoisotopic (exact) mass is 249 g/mol. The molecule has 0 aliphatic heterocycles. The Morgan fingerprint density at radius 3 is 2.92 bits per heavy atom. The minimum absolute atomic E-state index is 0.178. The summed E-state index contributed by atoms with van der Waals surface area (Å²) in [6.45, 7) is 0. The fourth-order valence-corrected chi connectivity index (χ4v) is 1.17. The first-order valence-electron chi connectivity index (χ1n) is 3.04. The molecule has 0 unspecified atom stereocenters. The number of pyridine rings is 1. The Labute approximate surface area is 82.8 Å². The van der Waals surface area contributed by atoms with Crippen LogP contribution in [0.5, 0.6) is 5.75 Å². The van der Waals surface area contributed by atoms with Crippen molar-refractivity contribution in [1.29, 1.82) is 0 Å². The zero-order valence-corrected chi connectivity index (χ0v) is 8.52. The number of ether oxygens (including phenoxy) is 1. The van der Waals surface area contributed by atoms with Crippen molar-refractivity contribution in [2.24, 2.45) is 0 Å². The van der Waals surface area contributed by atoms with Crippen LogP contribution in [0.3, 0.4) is 0 Å². The minimum Gasteiger partial charge on any atom is -0.495 e. The molecule has 1 aromatic rings. The summed E-state index contributed by atoms with van der Waals surface area (Å²) < 4.78 is 5.62. The predicted molar refractivity (Wildman–Crippen MR) is 48.7 cm³/mol. The van der Waals surface area contributed by atoms with Gasteiger partial charge in [0.25, 0.3) is 5.24 Å². The molecule has 3 nitrogen and oxygen atoms in total. The summed E-state index contributed by atoms with van der Waals surface area (Å²) in [5.41, 5.74) is 0.178. The van der Waals surface area contributed by atoms with Gasteiger partial charge in [-0.2, -0.15) is 0 Å². The van der Waals surface area contributed by atoms with E-state index < -0.39 is 5.24 Å². The molecule has 0 atom stereocenters. The van der Waals surface area contributed by atoms with E-state index in [1.165, 1.54) is 19.4 Å². The highest BCUT2D eigenvalue weighted by Crippen LogP contribution is 2.24. The topological polar surface area (TPSA) is 39.2 Å². The average Bonchev–Trinajstić information content (AvgIpc) is 2.05. The van der Waals surface area contributed by atoms with Crippen molar-refractivity contribution in [3.8, 4) is 5.75 Å². The molecule has 0 radical (unpaired) electrons. The highest BCUT2D eigenvalue weighted by Gasteiger charge is 2.07. The smallest absolute Gasteiger partial charge is 0.270 e. The van der Waals surface area contributed by atoms with Crippen LogP contribution in [0.1, 0.15) is 10.5 Å². The van der Waals surface area contributed by atoms with Crippen LogP contribution >= 0.6 is 27.5 Å². The molecule has 0 bridgehead atoms. The number of carbonyl (C=O) groups is 1. The van der Waals surface area contributed by atoms with E-state index in [9.17, 15) is 4.79 Å². The van der Waals surface area contributed by atoms with E-state index in [0.717, 1.165) is 0 Å². The van der Waals surface area contributed by atoms with Crippen molar-refractivity contribution in [3.05, 3.63) is 22.4 Å². The van der Waals surface area contributed by atoms with Gasteiger partial charge in [-0.05, 0) is 27.5 Å². The van der Waals surface area contributed by atoms with Gasteiger partial charge in [-0.3, -0.25) is 9.78 Å². The first-order chi connectivity index (χ1) is 5.65. The summed E-state index contributed by atoms with van der Waals surface area (Å²) in [5, 5.41) is -0.596. The average molecular weight is 250 g/mol. The molecule has 12 heavy (non-hydrogen) atoms. The number of methoxy groups -OCH3 is 1. The Morgan fingerprint density at radius 1 is 1.75 bits per heavy atom. The molecule has 0 spiro atoms. The molecule has 0 N–H and O–H groups in total. The lowest BCUT2D eigenvalue weighted by Gasteiger charge is -2.02.